The van der Waals surface area contributed by atoms with Gasteiger partial charge >= 0.3 is 0 Å². The normalized spacial score (nSPS) is 13.4. The Morgan fingerprint density at radius 2 is 2.56 bits per heavy atom. The lowest BCUT2D eigenvalue weighted by Crippen LogP contribution is -1.88. The molecule has 0 aliphatic heterocycles. The Morgan fingerprint density at radius 1 is 1.78 bits per heavy atom. The van der Waals surface area contributed by atoms with Gasteiger partial charge in [-0.1, -0.05) is 6.07 Å². The van der Waals surface area contributed by atoms with E-state index in [-0.39, 0.29) is 5.75 Å². The molecule has 0 bridgehead atoms. The average Bonchev–Trinajstić information content (AvgIpc) is 2.15. The maximum absolute atomic E-state index is 10.1. The van der Waals surface area contributed by atoms with Crippen molar-refractivity contribution in [1.29, 1.82) is 0 Å². The van der Waals surface area contributed by atoms with Gasteiger partial charge in [0.2, 0.25) is 0 Å². The van der Waals surface area contributed by atoms with Gasteiger partial charge in [-0.2, -0.15) is 0 Å². The highest BCUT2D eigenvalue weighted by molar-refractivity contribution is 7.78. The van der Waals surface area contributed by atoms with Crippen LogP contribution in [0.4, 0.5) is 0 Å². The number of hydrogen-bond donors (Lipinski definition) is 0. The Morgan fingerprint density at radius 3 is 3.00 bits per heavy atom. The summed E-state index contributed by atoms with van der Waals surface area (Å²) in [5.74, 6) is 0.150. The second-order valence-electron chi connectivity index (χ2n) is 1.53. The fourth-order valence-electron chi connectivity index (χ4n) is 0.511. The summed E-state index contributed by atoms with van der Waals surface area (Å²) >= 11 is -0.476. The molecular weight excluding hydrogens is 156 g/mol. The summed E-state index contributed by atoms with van der Waals surface area (Å²) in [7, 11) is 0. The van der Waals surface area contributed by atoms with Crippen molar-refractivity contribution in [2.75, 3.05) is 0 Å². The first-order valence-corrected chi connectivity index (χ1v) is 4.49. The first-order chi connectivity index (χ1) is 4.29. The van der Waals surface area contributed by atoms with Crippen molar-refractivity contribution in [2.45, 2.75) is 5.75 Å². The van der Waals surface area contributed by atoms with E-state index >= 15 is 0 Å². The molecule has 0 aromatic carbocycles. The fraction of sp³-hybridized carbons (Fsp3) is 0.200. The van der Waals surface area contributed by atoms with Crippen molar-refractivity contribution in [2.24, 2.45) is 0 Å². The second-order valence-corrected chi connectivity index (χ2v) is 3.46. The van der Waals surface area contributed by atoms with Crippen molar-refractivity contribution in [3.8, 4) is 0 Å². The summed E-state index contributed by atoms with van der Waals surface area (Å²) in [5.41, 5.74) is 0. The highest BCUT2D eigenvalue weighted by Gasteiger charge is 1.90. The standard InChI is InChI=1S/C5H6O2S2/c6-9(7)4-5-2-1-3-8-5/h1-3H,4H2,(H,6,7)/p-1. The molecule has 1 atom stereocenters. The van der Waals surface area contributed by atoms with E-state index < -0.39 is 11.1 Å². The average molecular weight is 161 g/mol. The van der Waals surface area contributed by atoms with Gasteiger partial charge in [0.15, 0.2) is 0 Å². The molecule has 1 rings (SSSR count). The van der Waals surface area contributed by atoms with Crippen molar-refractivity contribution in [3.05, 3.63) is 22.4 Å². The van der Waals surface area contributed by atoms with Gasteiger partial charge < -0.3 is 4.55 Å². The van der Waals surface area contributed by atoms with Crippen LogP contribution in [-0.2, 0) is 16.8 Å². The molecule has 2 nitrogen and oxygen atoms in total. The van der Waals surface area contributed by atoms with Crippen molar-refractivity contribution < 1.29 is 8.76 Å². The van der Waals surface area contributed by atoms with Crippen molar-refractivity contribution in [3.63, 3.8) is 0 Å². The van der Waals surface area contributed by atoms with Crippen LogP contribution in [0.15, 0.2) is 17.5 Å². The summed E-state index contributed by atoms with van der Waals surface area (Å²) in [6.07, 6.45) is 0. The zero-order chi connectivity index (χ0) is 6.69. The first-order valence-electron chi connectivity index (χ1n) is 2.37. The lowest BCUT2D eigenvalue weighted by Gasteiger charge is -1.99. The summed E-state index contributed by atoms with van der Waals surface area (Å²) < 4.78 is 20.1. The molecule has 9 heavy (non-hydrogen) atoms. The quantitative estimate of drug-likeness (QED) is 0.610. The van der Waals surface area contributed by atoms with E-state index in [1.54, 1.807) is 6.07 Å². The van der Waals surface area contributed by atoms with Gasteiger partial charge in [-0.25, -0.2) is 0 Å². The molecule has 1 aromatic rings. The van der Waals surface area contributed by atoms with Crippen LogP contribution in [0.3, 0.4) is 0 Å². The first kappa shape index (κ1) is 6.92. The van der Waals surface area contributed by atoms with E-state index in [9.17, 15) is 8.76 Å². The minimum atomic E-state index is -1.93. The molecule has 4 heteroatoms. The zero-order valence-electron chi connectivity index (χ0n) is 4.57. The van der Waals surface area contributed by atoms with Gasteiger partial charge in [-0.05, 0) is 22.5 Å². The van der Waals surface area contributed by atoms with Crippen LogP contribution >= 0.6 is 11.3 Å². The van der Waals surface area contributed by atoms with Crippen LogP contribution in [0.5, 0.6) is 0 Å². The molecule has 50 valence electrons. The fourth-order valence-corrected chi connectivity index (χ4v) is 1.89. The third-order valence-corrected chi connectivity index (χ3v) is 2.45. The maximum atomic E-state index is 10.1. The van der Waals surface area contributed by atoms with Gasteiger partial charge in [-0.15, -0.1) is 11.3 Å². The Kier molecular flexibility index (Phi) is 2.38. The van der Waals surface area contributed by atoms with Crippen LogP contribution < -0.4 is 0 Å². The maximum Gasteiger partial charge on any atom is 0.0447 e. The van der Waals surface area contributed by atoms with Crippen LogP contribution in [0.1, 0.15) is 4.88 Å². The third-order valence-electron chi connectivity index (χ3n) is 0.840. The van der Waals surface area contributed by atoms with E-state index in [0.29, 0.717) is 0 Å². The van der Waals surface area contributed by atoms with E-state index in [2.05, 4.69) is 0 Å². The Hall–Kier alpha value is -0.190. The highest BCUT2D eigenvalue weighted by atomic mass is 32.2. The molecule has 0 saturated heterocycles. The van der Waals surface area contributed by atoms with Crippen LogP contribution in [0.25, 0.3) is 0 Å². The topological polar surface area (TPSA) is 40.1 Å². The molecule has 1 heterocycles. The minimum absolute atomic E-state index is 0.150. The number of rotatable bonds is 2. The number of hydrogen-bond acceptors (Lipinski definition) is 3. The van der Waals surface area contributed by atoms with E-state index in [4.69, 9.17) is 0 Å². The van der Waals surface area contributed by atoms with Gasteiger partial charge in [0.05, 0.1) is 0 Å². The molecule has 0 aliphatic rings. The van der Waals surface area contributed by atoms with E-state index in [1.807, 2.05) is 11.4 Å². The molecule has 0 saturated carbocycles. The summed E-state index contributed by atoms with van der Waals surface area (Å²) in [6.45, 7) is 0. The van der Waals surface area contributed by atoms with E-state index in [1.165, 1.54) is 11.3 Å². The molecular formula is C5H5O2S2-. The predicted octanol–water partition coefficient (Wildman–Crippen LogP) is 1.13. The molecule has 1 aromatic heterocycles. The van der Waals surface area contributed by atoms with Crippen molar-refractivity contribution in [1.82, 2.24) is 0 Å². The smallest absolute Gasteiger partial charge is 0.0447 e. The third kappa shape index (κ3) is 2.26. The Bertz CT molecular complexity index is 193. The largest absolute Gasteiger partial charge is 0.772 e. The predicted molar refractivity (Wildman–Crippen MR) is 36.9 cm³/mol. The highest BCUT2D eigenvalue weighted by Crippen LogP contribution is 2.09. The van der Waals surface area contributed by atoms with Gasteiger partial charge in [-0.3, -0.25) is 4.21 Å². The molecule has 0 amide bonds. The molecule has 0 N–H and O–H groups in total. The molecule has 0 radical (unpaired) electrons. The van der Waals surface area contributed by atoms with Crippen LogP contribution in [0, 0.1) is 0 Å². The van der Waals surface area contributed by atoms with Crippen molar-refractivity contribution >= 4 is 22.4 Å². The van der Waals surface area contributed by atoms with E-state index in [0.717, 1.165) is 4.88 Å². The lowest BCUT2D eigenvalue weighted by molar-refractivity contribution is 0.536. The van der Waals surface area contributed by atoms with Crippen LogP contribution in [0.2, 0.25) is 0 Å². The number of thiophene rings is 1. The summed E-state index contributed by atoms with van der Waals surface area (Å²) in [4.78, 5) is 0.892. The Labute approximate surface area is 59.8 Å². The summed E-state index contributed by atoms with van der Waals surface area (Å²) in [6, 6.07) is 3.65. The minimum Gasteiger partial charge on any atom is -0.772 e. The summed E-state index contributed by atoms with van der Waals surface area (Å²) in [5, 5.41) is 1.86. The molecule has 0 spiro atoms. The second kappa shape index (κ2) is 3.10. The zero-order valence-corrected chi connectivity index (χ0v) is 6.21. The molecule has 0 aliphatic carbocycles. The Balaban J connectivity index is 2.58. The van der Waals surface area contributed by atoms with Gasteiger partial charge in [0.1, 0.15) is 0 Å². The molecule has 0 fully saturated rings. The van der Waals surface area contributed by atoms with Crippen LogP contribution in [-0.4, -0.2) is 8.76 Å². The lowest BCUT2D eigenvalue weighted by atomic mass is 10.5. The monoisotopic (exact) mass is 161 g/mol. The van der Waals surface area contributed by atoms with Gasteiger partial charge in [0.25, 0.3) is 0 Å². The SMILES string of the molecule is O=S([O-])Cc1cccs1. The molecule has 1 unspecified atom stereocenters. The van der Waals surface area contributed by atoms with Gasteiger partial charge in [0, 0.05) is 10.6 Å².